The van der Waals surface area contributed by atoms with Crippen LogP contribution in [0.15, 0.2) is 29.2 Å². The minimum absolute atomic E-state index is 0.128. The maximum atomic E-state index is 12.7. The van der Waals surface area contributed by atoms with Crippen molar-refractivity contribution in [1.82, 2.24) is 4.72 Å². The molecule has 18 heavy (non-hydrogen) atoms. The van der Waals surface area contributed by atoms with Crippen LogP contribution in [0.4, 0.5) is 4.39 Å². The van der Waals surface area contributed by atoms with Crippen LogP contribution in [0, 0.1) is 5.82 Å². The molecule has 0 radical (unpaired) electrons. The van der Waals surface area contributed by atoms with Gasteiger partial charge in [0, 0.05) is 0 Å². The highest BCUT2D eigenvalue weighted by molar-refractivity contribution is 7.89. The molecule has 0 heterocycles. The van der Waals surface area contributed by atoms with E-state index >= 15 is 0 Å². The van der Waals surface area contributed by atoms with Crippen molar-refractivity contribution in [2.75, 3.05) is 0 Å². The van der Waals surface area contributed by atoms with Gasteiger partial charge in [-0.1, -0.05) is 13.3 Å². The molecule has 0 aliphatic heterocycles. The highest BCUT2D eigenvalue weighted by atomic mass is 32.2. The fourth-order valence-electron chi connectivity index (χ4n) is 1.38. The van der Waals surface area contributed by atoms with Gasteiger partial charge in [0.25, 0.3) is 0 Å². The van der Waals surface area contributed by atoms with E-state index in [4.69, 9.17) is 0 Å². The second kappa shape index (κ2) is 5.92. The largest absolute Gasteiger partial charge is 0.548 e. The predicted molar refractivity (Wildman–Crippen MR) is 60.4 cm³/mol. The third kappa shape index (κ3) is 3.78. The van der Waals surface area contributed by atoms with E-state index in [-0.39, 0.29) is 11.3 Å². The zero-order valence-electron chi connectivity index (χ0n) is 9.72. The van der Waals surface area contributed by atoms with Crippen molar-refractivity contribution in [2.45, 2.75) is 30.7 Å². The average Bonchev–Trinajstić information content (AvgIpc) is 2.28. The van der Waals surface area contributed by atoms with Gasteiger partial charge in [0.15, 0.2) is 0 Å². The molecule has 7 heteroatoms. The summed E-state index contributed by atoms with van der Waals surface area (Å²) in [5, 5.41) is 10.8. The molecule has 1 atom stereocenters. The Labute approximate surface area is 105 Å². The molecule has 1 N–H and O–H groups in total. The van der Waals surface area contributed by atoms with E-state index < -0.39 is 27.9 Å². The van der Waals surface area contributed by atoms with Crippen molar-refractivity contribution in [3.63, 3.8) is 0 Å². The van der Waals surface area contributed by atoms with Crippen LogP contribution in [0.1, 0.15) is 19.8 Å². The van der Waals surface area contributed by atoms with E-state index in [1.54, 1.807) is 6.92 Å². The number of hydrogen-bond acceptors (Lipinski definition) is 4. The number of carboxylic acids is 1. The summed E-state index contributed by atoms with van der Waals surface area (Å²) >= 11 is 0. The number of aliphatic carboxylic acids is 1. The second-order valence-corrected chi connectivity index (χ2v) is 5.45. The Morgan fingerprint density at radius 2 is 1.94 bits per heavy atom. The molecule has 0 saturated carbocycles. The minimum Gasteiger partial charge on any atom is -0.548 e. The van der Waals surface area contributed by atoms with E-state index in [1.807, 2.05) is 4.72 Å². The lowest BCUT2D eigenvalue weighted by molar-refractivity contribution is -0.308. The van der Waals surface area contributed by atoms with Crippen LogP contribution >= 0.6 is 0 Å². The SMILES string of the molecule is CCC[C@@H](NS(=O)(=O)c1ccc(F)cc1)C(=O)[O-]. The predicted octanol–water partition coefficient (Wildman–Crippen LogP) is 0.0226. The molecular weight excluding hydrogens is 261 g/mol. The summed E-state index contributed by atoms with van der Waals surface area (Å²) in [5.41, 5.74) is 0. The van der Waals surface area contributed by atoms with E-state index in [0.29, 0.717) is 6.42 Å². The first kappa shape index (κ1) is 14.6. The maximum absolute atomic E-state index is 12.7. The number of carboxylic acid groups (broad SMARTS) is 1. The van der Waals surface area contributed by atoms with Crippen LogP contribution in [-0.2, 0) is 14.8 Å². The average molecular weight is 274 g/mol. The van der Waals surface area contributed by atoms with Crippen LogP contribution in [0.25, 0.3) is 0 Å². The Kier molecular flexibility index (Phi) is 4.80. The van der Waals surface area contributed by atoms with Gasteiger partial charge in [0.05, 0.1) is 16.9 Å². The van der Waals surface area contributed by atoms with E-state index in [1.165, 1.54) is 0 Å². The second-order valence-electron chi connectivity index (χ2n) is 3.74. The summed E-state index contributed by atoms with van der Waals surface area (Å²) in [5.74, 6) is -2.05. The lowest BCUT2D eigenvalue weighted by Gasteiger charge is -2.18. The van der Waals surface area contributed by atoms with Crippen LogP contribution in [-0.4, -0.2) is 20.4 Å². The normalized spacial score (nSPS) is 13.2. The smallest absolute Gasteiger partial charge is 0.241 e. The minimum atomic E-state index is -3.98. The third-order valence-corrected chi connectivity index (χ3v) is 3.77. The van der Waals surface area contributed by atoms with Gasteiger partial charge < -0.3 is 9.90 Å². The monoisotopic (exact) mass is 274 g/mol. The number of carbonyl (C=O) groups is 1. The highest BCUT2D eigenvalue weighted by Gasteiger charge is 2.20. The first-order chi connectivity index (χ1) is 8.36. The van der Waals surface area contributed by atoms with Gasteiger partial charge in [-0.15, -0.1) is 0 Å². The van der Waals surface area contributed by atoms with E-state index in [9.17, 15) is 22.7 Å². The molecule has 0 aliphatic rings. The van der Waals surface area contributed by atoms with Gasteiger partial charge in [0.2, 0.25) is 10.0 Å². The quantitative estimate of drug-likeness (QED) is 0.792. The molecule has 0 aliphatic carbocycles. The van der Waals surface area contributed by atoms with E-state index in [0.717, 1.165) is 24.3 Å². The molecule has 0 fully saturated rings. The van der Waals surface area contributed by atoms with Gasteiger partial charge in [-0.05, 0) is 30.7 Å². The van der Waals surface area contributed by atoms with Crippen molar-refractivity contribution in [2.24, 2.45) is 0 Å². The molecule has 0 bridgehead atoms. The summed E-state index contributed by atoms with van der Waals surface area (Å²) < 4.78 is 38.3. The Morgan fingerprint density at radius 1 is 1.39 bits per heavy atom. The summed E-state index contributed by atoms with van der Waals surface area (Å²) in [7, 11) is -3.98. The van der Waals surface area contributed by atoms with Gasteiger partial charge in [-0.2, -0.15) is 0 Å². The topological polar surface area (TPSA) is 86.3 Å². The molecule has 0 unspecified atom stereocenters. The van der Waals surface area contributed by atoms with Gasteiger partial charge >= 0.3 is 0 Å². The molecule has 100 valence electrons. The maximum Gasteiger partial charge on any atom is 0.241 e. The molecular formula is C11H13FNO4S-. The van der Waals surface area contributed by atoms with Crippen molar-refractivity contribution in [3.8, 4) is 0 Å². The van der Waals surface area contributed by atoms with Crippen molar-refractivity contribution in [1.29, 1.82) is 0 Å². The first-order valence-corrected chi connectivity index (χ1v) is 6.84. The number of benzene rings is 1. The molecule has 0 spiro atoms. The molecule has 0 aromatic heterocycles. The Bertz CT molecular complexity index is 512. The zero-order valence-corrected chi connectivity index (χ0v) is 10.5. The number of sulfonamides is 1. The molecule has 1 aromatic carbocycles. The summed E-state index contributed by atoms with van der Waals surface area (Å²) in [6.45, 7) is 1.72. The van der Waals surface area contributed by atoms with Crippen LogP contribution in [0.5, 0.6) is 0 Å². The summed E-state index contributed by atoms with van der Waals surface area (Å²) in [6, 6.07) is 2.82. The number of rotatable bonds is 6. The standard InChI is InChI=1S/C11H14FNO4S/c1-2-3-10(11(14)15)13-18(16,17)9-6-4-8(12)5-7-9/h4-7,10,13H,2-3H2,1H3,(H,14,15)/p-1/t10-/m1/s1. The Hall–Kier alpha value is -1.47. The highest BCUT2D eigenvalue weighted by Crippen LogP contribution is 2.11. The molecule has 1 rings (SSSR count). The lowest BCUT2D eigenvalue weighted by atomic mass is 10.2. The third-order valence-electron chi connectivity index (χ3n) is 2.28. The first-order valence-electron chi connectivity index (χ1n) is 5.35. The Balaban J connectivity index is 2.93. The number of nitrogens with one attached hydrogen (secondary N) is 1. The van der Waals surface area contributed by atoms with Crippen molar-refractivity contribution in [3.05, 3.63) is 30.1 Å². The van der Waals surface area contributed by atoms with Crippen LogP contribution in [0.3, 0.4) is 0 Å². The van der Waals surface area contributed by atoms with Crippen molar-refractivity contribution >= 4 is 16.0 Å². The fourth-order valence-corrected chi connectivity index (χ4v) is 2.60. The molecule has 1 aromatic rings. The molecule has 0 saturated heterocycles. The van der Waals surface area contributed by atoms with Crippen LogP contribution < -0.4 is 9.83 Å². The number of carbonyl (C=O) groups excluding carboxylic acids is 1. The van der Waals surface area contributed by atoms with E-state index in [2.05, 4.69) is 0 Å². The molecule has 0 amide bonds. The van der Waals surface area contributed by atoms with Gasteiger partial charge in [-0.3, -0.25) is 0 Å². The lowest BCUT2D eigenvalue weighted by Crippen LogP contribution is -2.47. The number of halogens is 1. The summed E-state index contributed by atoms with van der Waals surface area (Å²) in [6.07, 6.45) is 0.618. The fraction of sp³-hybridized carbons (Fsp3) is 0.364. The van der Waals surface area contributed by atoms with Crippen LogP contribution in [0.2, 0.25) is 0 Å². The number of hydrogen-bond donors (Lipinski definition) is 1. The summed E-state index contributed by atoms with van der Waals surface area (Å²) in [4.78, 5) is 10.6. The molecule has 5 nitrogen and oxygen atoms in total. The van der Waals surface area contributed by atoms with Crippen molar-refractivity contribution < 1.29 is 22.7 Å². The zero-order chi connectivity index (χ0) is 13.8. The Morgan fingerprint density at radius 3 is 2.39 bits per heavy atom. The van der Waals surface area contributed by atoms with Gasteiger partial charge in [-0.25, -0.2) is 17.5 Å². The van der Waals surface area contributed by atoms with Gasteiger partial charge in [0.1, 0.15) is 5.82 Å².